The van der Waals surface area contributed by atoms with Crippen molar-refractivity contribution in [2.24, 2.45) is 0 Å². The van der Waals surface area contributed by atoms with E-state index in [1.807, 2.05) is 22.8 Å². The number of amides is 2. The van der Waals surface area contributed by atoms with Crippen LogP contribution in [0.2, 0.25) is 6.82 Å². The predicted octanol–water partition coefficient (Wildman–Crippen LogP) is 1.03. The van der Waals surface area contributed by atoms with E-state index in [1.54, 1.807) is 11.7 Å². The van der Waals surface area contributed by atoms with E-state index in [4.69, 9.17) is 0 Å². The molecule has 2 amide bonds. The smallest absolute Gasteiger partial charge is 0.376 e. The third kappa shape index (κ3) is 2.29. The molecule has 3 rings (SSSR count). The molecule has 1 fully saturated rings. The van der Waals surface area contributed by atoms with Gasteiger partial charge in [-0.25, -0.2) is 4.79 Å². The molecule has 106 valence electrons. The highest BCUT2D eigenvalue weighted by Crippen LogP contribution is 2.27. The molecule has 0 radical (unpaired) electrons. The monoisotopic (exact) mass is 273 g/mol. The molecule has 2 aliphatic heterocycles. The van der Waals surface area contributed by atoms with Crippen LogP contribution in [0.15, 0.2) is 18.2 Å². The van der Waals surface area contributed by atoms with Gasteiger partial charge in [-0.05, 0) is 43.0 Å². The first kappa shape index (κ1) is 13.5. The largest absolute Gasteiger partial charge is 0.437 e. The summed E-state index contributed by atoms with van der Waals surface area (Å²) in [5, 5.41) is 9.72. The summed E-state index contributed by atoms with van der Waals surface area (Å²) in [6.07, 6.45) is 0.953. The average molecular weight is 273 g/mol. The summed E-state index contributed by atoms with van der Waals surface area (Å²) in [4.78, 5) is 17.7. The van der Waals surface area contributed by atoms with Crippen LogP contribution in [0, 0.1) is 0 Å². The number of hydrogen-bond donors (Lipinski definition) is 1. The first-order valence-corrected chi connectivity index (χ1v) is 7.13. The molecule has 20 heavy (non-hydrogen) atoms. The molecule has 2 heterocycles. The van der Waals surface area contributed by atoms with Crippen LogP contribution >= 0.6 is 0 Å². The van der Waals surface area contributed by atoms with Gasteiger partial charge in [0.2, 0.25) is 0 Å². The molecule has 6 heteroatoms. The van der Waals surface area contributed by atoms with E-state index in [1.165, 1.54) is 11.1 Å². The molecule has 0 unspecified atom stereocenters. The van der Waals surface area contributed by atoms with Gasteiger partial charge in [-0.15, -0.1) is 0 Å². The van der Waals surface area contributed by atoms with Crippen molar-refractivity contribution in [1.82, 2.24) is 9.71 Å². The molecule has 0 bridgehead atoms. The highest BCUT2D eigenvalue weighted by molar-refractivity contribution is 6.45. The van der Waals surface area contributed by atoms with Gasteiger partial charge in [0.15, 0.2) is 0 Å². The van der Waals surface area contributed by atoms with Crippen LogP contribution in [0.5, 0.6) is 0 Å². The number of benzene rings is 1. The quantitative estimate of drug-likeness (QED) is 0.819. The summed E-state index contributed by atoms with van der Waals surface area (Å²) in [5.74, 6) is 0. The van der Waals surface area contributed by atoms with Crippen molar-refractivity contribution < 1.29 is 9.82 Å². The zero-order valence-electron chi connectivity index (χ0n) is 12.0. The maximum atomic E-state index is 12.0. The van der Waals surface area contributed by atoms with Crippen LogP contribution in [0.4, 0.5) is 10.5 Å². The molecule has 0 aromatic heterocycles. The van der Waals surface area contributed by atoms with Crippen molar-refractivity contribution in [2.45, 2.75) is 19.8 Å². The van der Waals surface area contributed by atoms with E-state index in [0.29, 0.717) is 0 Å². The number of rotatable bonds is 2. The average Bonchev–Trinajstić information content (AvgIpc) is 2.78. The molecule has 0 atom stereocenters. The first-order chi connectivity index (χ1) is 9.56. The Kier molecular flexibility index (Phi) is 3.44. The van der Waals surface area contributed by atoms with E-state index in [-0.39, 0.29) is 6.03 Å². The molecular weight excluding hydrogens is 253 g/mol. The van der Waals surface area contributed by atoms with Gasteiger partial charge in [0.1, 0.15) is 0 Å². The summed E-state index contributed by atoms with van der Waals surface area (Å²) >= 11 is 0. The van der Waals surface area contributed by atoms with Gasteiger partial charge in [-0.2, -0.15) is 0 Å². The van der Waals surface area contributed by atoms with Crippen LogP contribution in [-0.4, -0.2) is 54.5 Å². The molecule has 0 aliphatic carbocycles. The van der Waals surface area contributed by atoms with Crippen LogP contribution in [-0.2, 0) is 13.0 Å². The molecular formula is C14H20BN3O2. The Labute approximate surface area is 119 Å². The molecule has 1 aromatic carbocycles. The number of urea groups is 1. The summed E-state index contributed by atoms with van der Waals surface area (Å²) in [5.41, 5.74) is 3.51. The highest BCUT2D eigenvalue weighted by atomic mass is 16.2. The molecule has 2 aliphatic rings. The van der Waals surface area contributed by atoms with Gasteiger partial charge in [-0.1, -0.05) is 6.07 Å². The third-order valence-electron chi connectivity index (χ3n) is 4.29. The second kappa shape index (κ2) is 5.11. The Hall–Kier alpha value is -1.53. The SMILES string of the molecule is CB(O)N1CCc2ccc(N3CCN(C)C3=O)cc2C1. The van der Waals surface area contributed by atoms with Crippen molar-refractivity contribution in [3.63, 3.8) is 0 Å². The van der Waals surface area contributed by atoms with Gasteiger partial charge in [-0.3, -0.25) is 4.90 Å². The zero-order chi connectivity index (χ0) is 14.3. The van der Waals surface area contributed by atoms with Crippen LogP contribution in [0.1, 0.15) is 11.1 Å². The molecule has 1 N–H and O–H groups in total. The molecule has 1 aromatic rings. The molecule has 0 spiro atoms. The van der Waals surface area contributed by atoms with E-state index in [0.717, 1.165) is 38.3 Å². The summed E-state index contributed by atoms with van der Waals surface area (Å²) in [6, 6.07) is 6.32. The zero-order valence-corrected chi connectivity index (χ0v) is 12.0. The number of likely N-dealkylation sites (N-methyl/N-ethyl adjacent to an activating group) is 1. The second-order valence-corrected chi connectivity index (χ2v) is 5.66. The maximum absolute atomic E-state index is 12.0. The van der Waals surface area contributed by atoms with Crippen molar-refractivity contribution >= 4 is 18.8 Å². The fourth-order valence-electron chi connectivity index (χ4n) is 2.94. The lowest BCUT2D eigenvalue weighted by Crippen LogP contribution is -2.40. The highest BCUT2D eigenvalue weighted by Gasteiger charge is 2.28. The normalized spacial score (nSPS) is 19.4. The molecule has 0 saturated carbocycles. The van der Waals surface area contributed by atoms with Crippen molar-refractivity contribution in [2.75, 3.05) is 31.6 Å². The van der Waals surface area contributed by atoms with E-state index in [9.17, 15) is 9.82 Å². The predicted molar refractivity (Wildman–Crippen MR) is 79.8 cm³/mol. The summed E-state index contributed by atoms with van der Waals surface area (Å²) < 4.78 is 0. The van der Waals surface area contributed by atoms with Crippen molar-refractivity contribution in [3.05, 3.63) is 29.3 Å². The number of nitrogens with zero attached hydrogens (tertiary/aromatic N) is 3. The Morgan fingerprint density at radius 3 is 2.65 bits per heavy atom. The Balaban J connectivity index is 1.86. The standard InChI is InChI=1S/C14H20BN3O2/c1-15(20)17-6-5-11-3-4-13(9-12(11)10-17)18-8-7-16(2)14(18)19/h3-4,9,20H,5-8,10H2,1-2H3. The van der Waals surface area contributed by atoms with Crippen LogP contribution in [0.25, 0.3) is 0 Å². The maximum Gasteiger partial charge on any atom is 0.376 e. The molecule has 5 nitrogen and oxygen atoms in total. The topological polar surface area (TPSA) is 47.0 Å². The van der Waals surface area contributed by atoms with E-state index in [2.05, 4.69) is 12.1 Å². The van der Waals surface area contributed by atoms with E-state index < -0.39 is 7.05 Å². The third-order valence-corrected chi connectivity index (χ3v) is 4.29. The lowest BCUT2D eigenvalue weighted by molar-refractivity contribution is 0.229. The first-order valence-electron chi connectivity index (χ1n) is 7.13. The Morgan fingerprint density at radius 2 is 2.00 bits per heavy atom. The number of fused-ring (bicyclic) bond motifs is 1. The minimum Gasteiger partial charge on any atom is -0.437 e. The Morgan fingerprint density at radius 1 is 1.20 bits per heavy atom. The lowest BCUT2D eigenvalue weighted by Gasteiger charge is -2.30. The van der Waals surface area contributed by atoms with Gasteiger partial charge < -0.3 is 14.7 Å². The fraction of sp³-hybridized carbons (Fsp3) is 0.500. The van der Waals surface area contributed by atoms with Crippen LogP contribution in [0.3, 0.4) is 0 Å². The second-order valence-electron chi connectivity index (χ2n) is 5.66. The van der Waals surface area contributed by atoms with Gasteiger partial charge in [0, 0.05) is 32.4 Å². The van der Waals surface area contributed by atoms with Crippen molar-refractivity contribution in [1.29, 1.82) is 0 Å². The fourth-order valence-corrected chi connectivity index (χ4v) is 2.94. The van der Waals surface area contributed by atoms with Crippen molar-refractivity contribution in [3.8, 4) is 0 Å². The lowest BCUT2D eigenvalue weighted by atomic mass is 9.81. The van der Waals surface area contributed by atoms with Gasteiger partial charge in [0.05, 0.1) is 0 Å². The summed E-state index contributed by atoms with van der Waals surface area (Å²) in [7, 11) is 1.40. The van der Waals surface area contributed by atoms with E-state index >= 15 is 0 Å². The van der Waals surface area contributed by atoms with Crippen LogP contribution < -0.4 is 4.90 Å². The number of hydrogen-bond acceptors (Lipinski definition) is 3. The van der Waals surface area contributed by atoms with Gasteiger partial charge >= 0.3 is 13.1 Å². The van der Waals surface area contributed by atoms with Gasteiger partial charge in [0.25, 0.3) is 0 Å². The minimum atomic E-state index is -0.425. The number of anilines is 1. The number of carbonyl (C=O) groups is 1. The number of carbonyl (C=O) groups excluding carboxylic acids is 1. The minimum absolute atomic E-state index is 0.0631. The Bertz CT molecular complexity index is 535. The molecule has 1 saturated heterocycles. The summed E-state index contributed by atoms with van der Waals surface area (Å²) in [6.45, 7) is 4.95.